The maximum absolute atomic E-state index is 11.2. The van der Waals surface area contributed by atoms with E-state index in [0.29, 0.717) is 0 Å². The lowest BCUT2D eigenvalue weighted by atomic mass is 10.0. The van der Waals surface area contributed by atoms with Crippen molar-refractivity contribution < 1.29 is 4.79 Å². The molecule has 0 spiro atoms. The number of hydrogen-bond donors (Lipinski definition) is 0. The first kappa shape index (κ1) is 10.3. The largest absolute Gasteiger partial charge is 0.348 e. The topological polar surface area (TPSA) is 37.6 Å². The van der Waals surface area contributed by atoms with Gasteiger partial charge in [0.15, 0.2) is 0 Å². The van der Waals surface area contributed by atoms with E-state index in [4.69, 9.17) is 0 Å². The zero-order valence-electron chi connectivity index (χ0n) is 9.62. The summed E-state index contributed by atoms with van der Waals surface area (Å²) in [5.41, 5.74) is 0.928. The number of rotatable bonds is 2. The van der Waals surface area contributed by atoms with Gasteiger partial charge in [-0.25, -0.2) is 4.98 Å². The van der Waals surface area contributed by atoms with E-state index in [-0.39, 0.29) is 6.04 Å². The number of carbonyl (C=O) groups excluding carboxylic acids is 1. The summed E-state index contributed by atoms with van der Waals surface area (Å²) in [5, 5.41) is 0. The molecule has 0 aromatic carbocycles. The molecule has 88 valence electrons. The molecule has 2 aromatic rings. The van der Waals surface area contributed by atoms with E-state index in [9.17, 15) is 4.79 Å². The van der Waals surface area contributed by atoms with Crippen LogP contribution >= 0.6 is 0 Å². The molecule has 0 bridgehead atoms. The predicted molar refractivity (Wildman–Crippen MR) is 66.2 cm³/mol. The highest BCUT2D eigenvalue weighted by Crippen LogP contribution is 2.24. The minimum atomic E-state index is 0.0109. The minimum absolute atomic E-state index is 0.0109. The van der Waals surface area contributed by atoms with Gasteiger partial charge in [-0.15, -0.1) is 0 Å². The molecule has 1 unspecified atom stereocenters. The summed E-state index contributed by atoms with van der Waals surface area (Å²) in [6, 6.07) is 6.03. The second kappa shape index (κ2) is 4.20. The molecular formula is C13H15N3O. The average molecular weight is 229 g/mol. The predicted octanol–water partition coefficient (Wildman–Crippen LogP) is 1.89. The lowest BCUT2D eigenvalue weighted by molar-refractivity contribution is -0.109. The highest BCUT2D eigenvalue weighted by molar-refractivity contribution is 5.66. The molecule has 1 saturated heterocycles. The van der Waals surface area contributed by atoms with Crippen LogP contribution in [0.3, 0.4) is 0 Å². The van der Waals surface area contributed by atoms with Gasteiger partial charge in [-0.2, -0.15) is 0 Å². The van der Waals surface area contributed by atoms with Gasteiger partial charge in [0.2, 0.25) is 0 Å². The van der Waals surface area contributed by atoms with Crippen molar-refractivity contribution in [1.29, 1.82) is 0 Å². The molecule has 0 amide bonds. The second-order valence-corrected chi connectivity index (χ2v) is 4.43. The summed E-state index contributed by atoms with van der Waals surface area (Å²) >= 11 is 0. The van der Waals surface area contributed by atoms with Gasteiger partial charge in [-0.3, -0.25) is 4.40 Å². The molecular weight excluding hydrogens is 214 g/mol. The van der Waals surface area contributed by atoms with E-state index in [1.165, 1.54) is 0 Å². The summed E-state index contributed by atoms with van der Waals surface area (Å²) < 4.78 is 2.04. The van der Waals surface area contributed by atoms with E-state index in [1.807, 2.05) is 22.7 Å². The monoisotopic (exact) mass is 229 g/mol. The van der Waals surface area contributed by atoms with Crippen molar-refractivity contribution >= 4 is 17.8 Å². The summed E-state index contributed by atoms with van der Waals surface area (Å²) in [7, 11) is 0. The zero-order valence-corrected chi connectivity index (χ0v) is 9.62. The van der Waals surface area contributed by atoms with Crippen molar-refractivity contribution in [1.82, 2.24) is 9.38 Å². The number of pyridine rings is 1. The van der Waals surface area contributed by atoms with Crippen molar-refractivity contribution in [2.24, 2.45) is 0 Å². The van der Waals surface area contributed by atoms with Gasteiger partial charge >= 0.3 is 0 Å². The van der Waals surface area contributed by atoms with Crippen molar-refractivity contribution in [2.75, 3.05) is 11.4 Å². The van der Waals surface area contributed by atoms with Crippen LogP contribution in [0.2, 0.25) is 0 Å². The smallest absolute Gasteiger partial charge is 0.142 e. The normalized spacial score (nSPS) is 20.7. The molecule has 3 heterocycles. The van der Waals surface area contributed by atoms with E-state index in [1.54, 1.807) is 6.20 Å². The number of carbonyl (C=O) groups is 1. The molecule has 2 aromatic heterocycles. The van der Waals surface area contributed by atoms with Crippen LogP contribution < -0.4 is 4.90 Å². The number of fused-ring (bicyclic) bond motifs is 1. The standard InChI is InChI=1S/C13H15N3O/c17-10-11-4-1-2-8-15(11)13-6-3-5-12-14-7-9-16(12)13/h3,5-7,9-11H,1-2,4,8H2. The molecule has 4 heteroatoms. The van der Waals surface area contributed by atoms with E-state index in [2.05, 4.69) is 16.0 Å². The van der Waals surface area contributed by atoms with Gasteiger partial charge in [0.1, 0.15) is 17.8 Å². The number of piperidine rings is 1. The quantitative estimate of drug-likeness (QED) is 0.738. The van der Waals surface area contributed by atoms with Gasteiger partial charge in [0, 0.05) is 18.9 Å². The lowest BCUT2D eigenvalue weighted by Gasteiger charge is -2.34. The summed E-state index contributed by atoms with van der Waals surface area (Å²) in [4.78, 5) is 17.6. The van der Waals surface area contributed by atoms with Gasteiger partial charge in [0.25, 0.3) is 0 Å². The first-order valence-electron chi connectivity index (χ1n) is 6.04. The Hall–Kier alpha value is -1.84. The third kappa shape index (κ3) is 1.69. The fourth-order valence-corrected chi connectivity index (χ4v) is 2.55. The van der Waals surface area contributed by atoms with Crippen molar-refractivity contribution in [3.8, 4) is 0 Å². The van der Waals surface area contributed by atoms with Crippen LogP contribution in [0.5, 0.6) is 0 Å². The van der Waals surface area contributed by atoms with Crippen LogP contribution in [0.15, 0.2) is 30.6 Å². The number of imidazole rings is 1. The highest BCUT2D eigenvalue weighted by atomic mass is 16.1. The van der Waals surface area contributed by atoms with E-state index < -0.39 is 0 Å². The van der Waals surface area contributed by atoms with Crippen molar-refractivity contribution in [2.45, 2.75) is 25.3 Å². The Balaban J connectivity index is 2.07. The SMILES string of the molecule is O=CC1CCCCN1c1cccc2nccn12. The van der Waals surface area contributed by atoms with Gasteiger partial charge in [-0.1, -0.05) is 6.07 Å². The van der Waals surface area contributed by atoms with Gasteiger partial charge in [-0.05, 0) is 31.4 Å². The molecule has 0 radical (unpaired) electrons. The number of aldehydes is 1. The van der Waals surface area contributed by atoms with E-state index in [0.717, 1.165) is 43.6 Å². The zero-order chi connectivity index (χ0) is 11.7. The maximum atomic E-state index is 11.2. The Morgan fingerprint density at radius 3 is 3.18 bits per heavy atom. The summed E-state index contributed by atoms with van der Waals surface area (Å²) in [6.45, 7) is 0.945. The first-order chi connectivity index (χ1) is 8.40. The Morgan fingerprint density at radius 1 is 1.35 bits per heavy atom. The molecule has 0 saturated carbocycles. The second-order valence-electron chi connectivity index (χ2n) is 4.43. The Labute approximate surface area is 99.9 Å². The average Bonchev–Trinajstić information content (AvgIpc) is 2.86. The third-order valence-corrected chi connectivity index (χ3v) is 3.41. The van der Waals surface area contributed by atoms with Crippen LogP contribution in [-0.2, 0) is 4.79 Å². The highest BCUT2D eigenvalue weighted by Gasteiger charge is 2.23. The van der Waals surface area contributed by atoms with Crippen LogP contribution in [-0.4, -0.2) is 28.3 Å². The summed E-state index contributed by atoms with van der Waals surface area (Å²) in [5.74, 6) is 1.07. The first-order valence-corrected chi connectivity index (χ1v) is 6.04. The van der Waals surface area contributed by atoms with Gasteiger partial charge < -0.3 is 9.69 Å². The number of aromatic nitrogens is 2. The fourth-order valence-electron chi connectivity index (χ4n) is 2.55. The molecule has 0 N–H and O–H groups in total. The number of anilines is 1. The number of hydrogen-bond acceptors (Lipinski definition) is 3. The molecule has 1 fully saturated rings. The molecule has 0 aliphatic carbocycles. The Kier molecular flexibility index (Phi) is 2.55. The molecule has 1 aliphatic rings. The minimum Gasteiger partial charge on any atom is -0.348 e. The van der Waals surface area contributed by atoms with Crippen molar-refractivity contribution in [3.63, 3.8) is 0 Å². The molecule has 3 rings (SSSR count). The third-order valence-electron chi connectivity index (χ3n) is 3.41. The molecule has 17 heavy (non-hydrogen) atoms. The van der Waals surface area contributed by atoms with Crippen molar-refractivity contribution in [3.05, 3.63) is 30.6 Å². The lowest BCUT2D eigenvalue weighted by Crippen LogP contribution is -2.41. The van der Waals surface area contributed by atoms with Crippen LogP contribution in [0.25, 0.3) is 5.65 Å². The molecule has 1 atom stereocenters. The van der Waals surface area contributed by atoms with Gasteiger partial charge in [0.05, 0.1) is 6.04 Å². The van der Waals surface area contributed by atoms with Crippen LogP contribution in [0.1, 0.15) is 19.3 Å². The van der Waals surface area contributed by atoms with E-state index >= 15 is 0 Å². The molecule has 1 aliphatic heterocycles. The Bertz CT molecular complexity index is 534. The fraction of sp³-hybridized carbons (Fsp3) is 0.385. The van der Waals surface area contributed by atoms with Crippen LogP contribution in [0.4, 0.5) is 5.82 Å². The Morgan fingerprint density at radius 2 is 2.29 bits per heavy atom. The summed E-state index contributed by atoms with van der Waals surface area (Å²) in [6.07, 6.45) is 8.04. The maximum Gasteiger partial charge on any atom is 0.142 e. The van der Waals surface area contributed by atoms with Crippen LogP contribution in [0, 0.1) is 0 Å². The number of nitrogens with zero attached hydrogens (tertiary/aromatic N) is 3. The molecule has 4 nitrogen and oxygen atoms in total.